The lowest BCUT2D eigenvalue weighted by molar-refractivity contribution is 0.0747. The number of aliphatic imine (C=N–C) groups is 1. The average Bonchev–Trinajstić information content (AvgIpc) is 2.51. The molecule has 0 aliphatic heterocycles. The van der Waals surface area contributed by atoms with Crippen LogP contribution in [0.5, 0.6) is 0 Å². The number of hydrogen-bond donors (Lipinski definition) is 1. The van der Waals surface area contributed by atoms with Gasteiger partial charge in [-0.05, 0) is 25.0 Å². The second-order valence-electron chi connectivity index (χ2n) is 5.12. The summed E-state index contributed by atoms with van der Waals surface area (Å²) in [6, 6.07) is 8.43. The number of methoxy groups -OCH3 is 1. The molecule has 0 fully saturated rings. The van der Waals surface area contributed by atoms with Crippen molar-refractivity contribution in [2.45, 2.75) is 20.4 Å². The van der Waals surface area contributed by atoms with Crippen LogP contribution in [0.1, 0.15) is 18.1 Å². The number of halogens is 1. The van der Waals surface area contributed by atoms with Gasteiger partial charge < -0.3 is 19.7 Å². The third kappa shape index (κ3) is 9.12. The van der Waals surface area contributed by atoms with Crippen molar-refractivity contribution in [3.05, 3.63) is 35.4 Å². The second kappa shape index (κ2) is 13.6. The van der Waals surface area contributed by atoms with E-state index in [1.54, 1.807) is 7.11 Å². The smallest absolute Gasteiger partial charge is 0.194 e. The zero-order valence-corrected chi connectivity index (χ0v) is 17.0. The van der Waals surface area contributed by atoms with Crippen LogP contribution in [0.3, 0.4) is 0 Å². The van der Waals surface area contributed by atoms with E-state index in [-0.39, 0.29) is 24.0 Å². The Morgan fingerprint density at radius 2 is 1.96 bits per heavy atom. The average molecular weight is 435 g/mol. The number of aryl methyl sites for hydroxylation is 1. The van der Waals surface area contributed by atoms with Crippen LogP contribution in [0, 0.1) is 6.92 Å². The molecule has 0 atom stereocenters. The summed E-state index contributed by atoms with van der Waals surface area (Å²) in [7, 11) is 3.73. The van der Waals surface area contributed by atoms with Gasteiger partial charge in [0.1, 0.15) is 0 Å². The van der Waals surface area contributed by atoms with Gasteiger partial charge in [0, 0.05) is 27.2 Å². The van der Waals surface area contributed by atoms with E-state index in [0.29, 0.717) is 26.4 Å². The zero-order valence-electron chi connectivity index (χ0n) is 14.7. The maximum Gasteiger partial charge on any atom is 0.194 e. The molecule has 0 aliphatic rings. The molecule has 132 valence electrons. The third-order valence-corrected chi connectivity index (χ3v) is 3.29. The molecule has 0 saturated heterocycles. The number of hydrogen-bond acceptors (Lipinski definition) is 3. The summed E-state index contributed by atoms with van der Waals surface area (Å²) < 4.78 is 10.4. The number of benzene rings is 1. The van der Waals surface area contributed by atoms with Gasteiger partial charge in [-0.1, -0.05) is 24.3 Å². The van der Waals surface area contributed by atoms with Gasteiger partial charge in [-0.25, -0.2) is 0 Å². The Morgan fingerprint density at radius 3 is 2.61 bits per heavy atom. The van der Waals surface area contributed by atoms with Gasteiger partial charge in [0.05, 0.1) is 26.4 Å². The summed E-state index contributed by atoms with van der Waals surface area (Å²) in [5.41, 5.74) is 2.61. The fourth-order valence-electron chi connectivity index (χ4n) is 2.05. The van der Waals surface area contributed by atoms with Gasteiger partial charge in [0.25, 0.3) is 0 Å². The molecule has 0 aromatic heterocycles. The maximum atomic E-state index is 5.44. The van der Waals surface area contributed by atoms with Crippen LogP contribution in [-0.4, -0.2) is 57.9 Å². The third-order valence-electron chi connectivity index (χ3n) is 3.29. The molecule has 1 N–H and O–H groups in total. The summed E-state index contributed by atoms with van der Waals surface area (Å²) in [4.78, 5) is 6.74. The lowest BCUT2D eigenvalue weighted by atomic mass is 10.1. The molecule has 0 amide bonds. The van der Waals surface area contributed by atoms with Crippen molar-refractivity contribution in [3.63, 3.8) is 0 Å². The van der Waals surface area contributed by atoms with E-state index in [1.165, 1.54) is 11.1 Å². The number of rotatable bonds is 9. The molecule has 0 spiro atoms. The van der Waals surface area contributed by atoms with Crippen LogP contribution in [0.4, 0.5) is 0 Å². The van der Waals surface area contributed by atoms with E-state index in [9.17, 15) is 0 Å². The monoisotopic (exact) mass is 435 g/mol. The predicted molar refractivity (Wildman–Crippen MR) is 107 cm³/mol. The van der Waals surface area contributed by atoms with Crippen LogP contribution in [0.25, 0.3) is 0 Å². The summed E-state index contributed by atoms with van der Waals surface area (Å²) in [6.07, 6.45) is 0. The van der Waals surface area contributed by atoms with Gasteiger partial charge in [0.15, 0.2) is 5.96 Å². The van der Waals surface area contributed by atoms with Crippen LogP contribution in [-0.2, 0) is 16.0 Å². The van der Waals surface area contributed by atoms with Gasteiger partial charge in [-0.2, -0.15) is 0 Å². The highest BCUT2D eigenvalue weighted by Crippen LogP contribution is 2.09. The fourth-order valence-corrected chi connectivity index (χ4v) is 2.05. The van der Waals surface area contributed by atoms with Gasteiger partial charge in [0.2, 0.25) is 0 Å². The molecule has 5 nitrogen and oxygen atoms in total. The minimum Gasteiger partial charge on any atom is -0.382 e. The quantitative estimate of drug-likeness (QED) is 0.281. The van der Waals surface area contributed by atoms with Crippen molar-refractivity contribution in [1.82, 2.24) is 10.2 Å². The Labute approximate surface area is 157 Å². The van der Waals surface area contributed by atoms with Crippen LogP contribution in [0.15, 0.2) is 29.3 Å². The van der Waals surface area contributed by atoms with Crippen molar-refractivity contribution in [2.75, 3.05) is 47.1 Å². The normalized spacial score (nSPS) is 11.0. The molecular weight excluding hydrogens is 405 g/mol. The van der Waals surface area contributed by atoms with E-state index in [0.717, 1.165) is 19.0 Å². The van der Waals surface area contributed by atoms with E-state index in [2.05, 4.69) is 60.4 Å². The Kier molecular flexibility index (Phi) is 13.1. The van der Waals surface area contributed by atoms with E-state index in [1.807, 2.05) is 0 Å². The highest BCUT2D eigenvalue weighted by atomic mass is 127. The molecule has 1 aromatic carbocycles. The number of nitrogens with zero attached hydrogens (tertiary/aromatic N) is 2. The van der Waals surface area contributed by atoms with Gasteiger partial charge in [-0.3, -0.25) is 4.99 Å². The molecule has 0 heterocycles. The first kappa shape index (κ1) is 22.1. The van der Waals surface area contributed by atoms with Gasteiger partial charge >= 0.3 is 0 Å². The van der Waals surface area contributed by atoms with Crippen molar-refractivity contribution < 1.29 is 9.47 Å². The minimum absolute atomic E-state index is 0. The largest absolute Gasteiger partial charge is 0.382 e. The predicted octanol–water partition coefficient (Wildman–Crippen LogP) is 2.67. The first-order chi connectivity index (χ1) is 10.7. The maximum absolute atomic E-state index is 5.44. The highest BCUT2D eigenvalue weighted by Gasteiger charge is 2.07. The van der Waals surface area contributed by atoms with Crippen molar-refractivity contribution >= 4 is 29.9 Å². The van der Waals surface area contributed by atoms with E-state index < -0.39 is 0 Å². The lowest BCUT2D eigenvalue weighted by Gasteiger charge is -2.23. The minimum atomic E-state index is 0. The molecule has 0 radical (unpaired) electrons. The van der Waals surface area contributed by atoms with Crippen molar-refractivity contribution in [2.24, 2.45) is 4.99 Å². The molecule has 6 heteroatoms. The van der Waals surface area contributed by atoms with Crippen molar-refractivity contribution in [1.29, 1.82) is 0 Å². The number of guanidine groups is 1. The molecule has 1 aromatic rings. The molecule has 23 heavy (non-hydrogen) atoms. The standard InChI is InChI=1S/C17H29N3O2.HI/c1-5-18-17(19-10-11-22-13-12-21-4)20(3)14-16-9-7-6-8-15(16)2;/h6-9H,5,10-14H2,1-4H3,(H,18,19);1H. The first-order valence-electron chi connectivity index (χ1n) is 7.79. The number of nitrogens with one attached hydrogen (secondary N) is 1. The summed E-state index contributed by atoms with van der Waals surface area (Å²) in [5, 5.41) is 3.32. The molecular formula is C17H30IN3O2. The molecule has 0 unspecified atom stereocenters. The molecule has 0 bridgehead atoms. The Hall–Kier alpha value is -0.860. The summed E-state index contributed by atoms with van der Waals surface area (Å²) >= 11 is 0. The van der Waals surface area contributed by atoms with E-state index in [4.69, 9.17) is 9.47 Å². The van der Waals surface area contributed by atoms with Gasteiger partial charge in [-0.15, -0.1) is 24.0 Å². The SMILES string of the molecule is CCNC(=NCCOCCOC)N(C)Cc1ccccc1C.I. The summed E-state index contributed by atoms with van der Waals surface area (Å²) in [5.74, 6) is 0.904. The van der Waals surface area contributed by atoms with Crippen LogP contribution >= 0.6 is 24.0 Å². The lowest BCUT2D eigenvalue weighted by Crippen LogP contribution is -2.38. The fraction of sp³-hybridized carbons (Fsp3) is 0.588. The zero-order chi connectivity index (χ0) is 16.2. The van der Waals surface area contributed by atoms with E-state index >= 15 is 0 Å². The Balaban J connectivity index is 0.00000484. The topological polar surface area (TPSA) is 46.1 Å². The highest BCUT2D eigenvalue weighted by molar-refractivity contribution is 14.0. The number of ether oxygens (including phenoxy) is 2. The van der Waals surface area contributed by atoms with Crippen LogP contribution in [0.2, 0.25) is 0 Å². The molecule has 1 rings (SSSR count). The first-order valence-corrected chi connectivity index (χ1v) is 7.79. The summed E-state index contributed by atoms with van der Waals surface area (Å²) in [6.45, 7) is 8.38. The van der Waals surface area contributed by atoms with Crippen molar-refractivity contribution in [3.8, 4) is 0 Å². The van der Waals surface area contributed by atoms with Crippen LogP contribution < -0.4 is 5.32 Å². The Bertz CT molecular complexity index is 455. The molecule has 0 aliphatic carbocycles. The second-order valence-corrected chi connectivity index (χ2v) is 5.12. The molecule has 0 saturated carbocycles. The Morgan fingerprint density at radius 1 is 1.22 bits per heavy atom.